The number of ether oxygens (including phenoxy) is 1. The Labute approximate surface area is 196 Å². The Balaban J connectivity index is 1.59. The van der Waals surface area contributed by atoms with Crippen molar-refractivity contribution in [3.05, 3.63) is 60.2 Å². The molecule has 0 spiro atoms. The van der Waals surface area contributed by atoms with E-state index in [2.05, 4.69) is 20.3 Å². The molecule has 0 aliphatic rings. The number of sulfonamides is 1. The predicted molar refractivity (Wildman–Crippen MR) is 128 cm³/mol. The molecule has 11 heteroatoms. The topological polar surface area (TPSA) is 126 Å². The van der Waals surface area contributed by atoms with Crippen LogP contribution in [0.1, 0.15) is 24.8 Å². The molecule has 9 nitrogen and oxygen atoms in total. The van der Waals surface area contributed by atoms with E-state index < -0.39 is 28.1 Å². The van der Waals surface area contributed by atoms with Gasteiger partial charge in [0.15, 0.2) is 5.13 Å². The number of aromatic nitrogens is 1. The monoisotopic (exact) mass is 490 g/mol. The number of benzene rings is 2. The van der Waals surface area contributed by atoms with Gasteiger partial charge in [0.1, 0.15) is 12.6 Å². The Morgan fingerprint density at radius 3 is 2.52 bits per heavy atom. The average Bonchev–Trinajstić information content (AvgIpc) is 3.19. The first-order chi connectivity index (χ1) is 15.8. The second kappa shape index (κ2) is 11.7. The third-order valence-corrected chi connectivity index (χ3v) is 6.31. The van der Waals surface area contributed by atoms with Crippen molar-refractivity contribution >= 4 is 48.7 Å². The van der Waals surface area contributed by atoms with Crippen LogP contribution in [-0.2, 0) is 26.2 Å². The maximum absolute atomic E-state index is 12.9. The van der Waals surface area contributed by atoms with Crippen molar-refractivity contribution in [2.75, 3.05) is 18.1 Å². The van der Waals surface area contributed by atoms with Crippen LogP contribution in [-0.4, -0.2) is 44.2 Å². The number of carbonyl (C=O) groups excluding carboxylic acids is 2. The molecule has 0 bridgehead atoms. The molecule has 0 aliphatic carbocycles. The molecule has 0 saturated heterocycles. The Morgan fingerprint density at radius 2 is 1.79 bits per heavy atom. The molecule has 1 atom stereocenters. The van der Waals surface area contributed by atoms with Crippen molar-refractivity contribution in [3.8, 4) is 0 Å². The van der Waals surface area contributed by atoms with E-state index in [1.807, 2.05) is 54.6 Å². The van der Waals surface area contributed by atoms with Crippen LogP contribution in [0, 0.1) is 0 Å². The van der Waals surface area contributed by atoms with E-state index in [1.54, 1.807) is 0 Å². The fourth-order valence-electron chi connectivity index (χ4n) is 3.03. The van der Waals surface area contributed by atoms with Gasteiger partial charge in [-0.3, -0.25) is 4.79 Å². The molecule has 1 heterocycles. The quantitative estimate of drug-likeness (QED) is 0.354. The van der Waals surface area contributed by atoms with E-state index in [0.717, 1.165) is 22.0 Å². The first kappa shape index (κ1) is 24.6. The minimum absolute atomic E-state index is 0.0805. The Hall–Kier alpha value is -3.02. The van der Waals surface area contributed by atoms with Crippen molar-refractivity contribution in [2.45, 2.75) is 31.9 Å². The highest BCUT2D eigenvalue weighted by atomic mass is 32.2. The number of alkyl carbamates (subject to hydrolysis) is 1. The van der Waals surface area contributed by atoms with E-state index >= 15 is 0 Å². The maximum Gasteiger partial charge on any atom is 0.408 e. The second-order valence-corrected chi connectivity index (χ2v) is 10.3. The lowest BCUT2D eigenvalue weighted by Crippen LogP contribution is -2.44. The number of hydrogen-bond acceptors (Lipinski definition) is 7. The van der Waals surface area contributed by atoms with Crippen LogP contribution in [0.2, 0.25) is 0 Å². The van der Waals surface area contributed by atoms with Crippen LogP contribution in [0.5, 0.6) is 0 Å². The van der Waals surface area contributed by atoms with Crippen molar-refractivity contribution in [1.82, 2.24) is 15.0 Å². The molecule has 2 aromatic carbocycles. The SMILES string of the molecule is CS(=O)(=O)NCCCC[C@H](NC(=O)OCc1ccccc1)C(=O)Nc1nc2ccccc2s1. The Morgan fingerprint density at radius 1 is 1.06 bits per heavy atom. The molecule has 2 amide bonds. The first-order valence-electron chi connectivity index (χ1n) is 10.4. The number of rotatable bonds is 11. The van der Waals surface area contributed by atoms with E-state index in [1.165, 1.54) is 11.3 Å². The lowest BCUT2D eigenvalue weighted by Gasteiger charge is -2.17. The van der Waals surface area contributed by atoms with Crippen molar-refractivity contribution in [2.24, 2.45) is 0 Å². The van der Waals surface area contributed by atoms with Gasteiger partial charge in [0.2, 0.25) is 15.9 Å². The molecule has 0 fully saturated rings. The number of thiazole rings is 1. The summed E-state index contributed by atoms with van der Waals surface area (Å²) < 4.78 is 31.0. The largest absolute Gasteiger partial charge is 0.445 e. The third kappa shape index (κ3) is 8.44. The minimum atomic E-state index is -3.27. The van der Waals surface area contributed by atoms with Gasteiger partial charge in [0.05, 0.1) is 16.5 Å². The zero-order valence-corrected chi connectivity index (χ0v) is 19.7. The van der Waals surface area contributed by atoms with Gasteiger partial charge < -0.3 is 15.4 Å². The number of para-hydroxylation sites is 1. The highest BCUT2D eigenvalue weighted by Gasteiger charge is 2.22. The predicted octanol–water partition coefficient (Wildman–Crippen LogP) is 3.25. The molecule has 3 rings (SSSR count). The summed E-state index contributed by atoms with van der Waals surface area (Å²) in [5.74, 6) is -0.415. The highest BCUT2D eigenvalue weighted by Crippen LogP contribution is 2.25. The molecule has 0 radical (unpaired) electrons. The lowest BCUT2D eigenvalue weighted by molar-refractivity contribution is -0.118. The summed E-state index contributed by atoms with van der Waals surface area (Å²) in [5, 5.41) is 5.81. The smallest absolute Gasteiger partial charge is 0.408 e. The van der Waals surface area contributed by atoms with Crippen LogP contribution >= 0.6 is 11.3 Å². The number of anilines is 1. The van der Waals surface area contributed by atoms with Gasteiger partial charge in [-0.2, -0.15) is 0 Å². The van der Waals surface area contributed by atoms with E-state index in [-0.39, 0.29) is 13.2 Å². The zero-order valence-electron chi connectivity index (χ0n) is 18.1. The van der Waals surface area contributed by atoms with E-state index in [0.29, 0.717) is 24.4 Å². The molecule has 0 aliphatic heterocycles. The van der Waals surface area contributed by atoms with Gasteiger partial charge in [-0.05, 0) is 37.0 Å². The molecule has 0 saturated carbocycles. The zero-order chi connectivity index (χ0) is 23.7. The van der Waals surface area contributed by atoms with Crippen molar-refractivity contribution in [3.63, 3.8) is 0 Å². The minimum Gasteiger partial charge on any atom is -0.445 e. The molecule has 1 aromatic heterocycles. The van der Waals surface area contributed by atoms with E-state index in [9.17, 15) is 18.0 Å². The Bertz CT molecular complexity index is 1150. The molecule has 33 heavy (non-hydrogen) atoms. The summed E-state index contributed by atoms with van der Waals surface area (Å²) in [7, 11) is -3.27. The fraction of sp³-hybridized carbons (Fsp3) is 0.318. The van der Waals surface area contributed by atoms with Gasteiger partial charge in [-0.1, -0.05) is 53.8 Å². The van der Waals surface area contributed by atoms with Crippen molar-refractivity contribution < 1.29 is 22.7 Å². The fourth-order valence-corrected chi connectivity index (χ4v) is 4.41. The molecular formula is C22H26N4O5S2. The van der Waals surface area contributed by atoms with Gasteiger partial charge in [0.25, 0.3) is 0 Å². The summed E-state index contributed by atoms with van der Waals surface area (Å²) in [6, 6.07) is 15.9. The van der Waals surface area contributed by atoms with Gasteiger partial charge in [-0.15, -0.1) is 0 Å². The number of amides is 2. The standard InChI is InChI=1S/C22H26N4O5S2/c1-33(29,30)23-14-8-7-12-18(25-22(28)31-15-16-9-3-2-4-10-16)20(27)26-21-24-17-11-5-6-13-19(17)32-21/h2-6,9-11,13,18,23H,7-8,12,14-15H2,1H3,(H,25,28)(H,24,26,27)/t18-/m0/s1. The molecule has 3 N–H and O–H groups in total. The second-order valence-electron chi connectivity index (χ2n) is 7.40. The van der Waals surface area contributed by atoms with Crippen LogP contribution in [0.3, 0.4) is 0 Å². The summed E-state index contributed by atoms with van der Waals surface area (Å²) in [6.45, 7) is 0.334. The van der Waals surface area contributed by atoms with Crippen LogP contribution < -0.4 is 15.4 Å². The number of carbonyl (C=O) groups is 2. The normalized spacial score (nSPS) is 12.3. The van der Waals surface area contributed by atoms with Crippen LogP contribution in [0.25, 0.3) is 10.2 Å². The molecule has 3 aromatic rings. The number of nitrogens with one attached hydrogen (secondary N) is 3. The summed E-state index contributed by atoms with van der Waals surface area (Å²) in [5.41, 5.74) is 1.60. The Kier molecular flexibility index (Phi) is 8.75. The number of fused-ring (bicyclic) bond motifs is 1. The molecule has 0 unspecified atom stereocenters. The number of unbranched alkanes of at least 4 members (excludes halogenated alkanes) is 1. The summed E-state index contributed by atoms with van der Waals surface area (Å²) in [4.78, 5) is 29.6. The van der Waals surface area contributed by atoms with Gasteiger partial charge in [0, 0.05) is 6.54 Å². The highest BCUT2D eigenvalue weighted by molar-refractivity contribution is 7.88. The third-order valence-electron chi connectivity index (χ3n) is 4.63. The number of hydrogen-bond donors (Lipinski definition) is 3. The first-order valence-corrected chi connectivity index (χ1v) is 13.1. The van der Waals surface area contributed by atoms with Crippen molar-refractivity contribution in [1.29, 1.82) is 0 Å². The lowest BCUT2D eigenvalue weighted by atomic mass is 10.1. The molecule has 176 valence electrons. The maximum atomic E-state index is 12.9. The summed E-state index contributed by atoms with van der Waals surface area (Å²) in [6.07, 6.45) is 1.71. The van der Waals surface area contributed by atoms with Crippen LogP contribution in [0.15, 0.2) is 54.6 Å². The van der Waals surface area contributed by atoms with Gasteiger partial charge >= 0.3 is 6.09 Å². The molecular weight excluding hydrogens is 464 g/mol. The van der Waals surface area contributed by atoms with Gasteiger partial charge in [-0.25, -0.2) is 22.9 Å². The van der Waals surface area contributed by atoms with Crippen LogP contribution in [0.4, 0.5) is 9.93 Å². The van der Waals surface area contributed by atoms with E-state index in [4.69, 9.17) is 4.74 Å². The number of nitrogens with zero attached hydrogens (tertiary/aromatic N) is 1. The average molecular weight is 491 g/mol. The summed E-state index contributed by atoms with van der Waals surface area (Å²) >= 11 is 1.34.